The molecular weight excluding hydrogens is 457 g/mol. The summed E-state index contributed by atoms with van der Waals surface area (Å²) in [5.74, 6) is 1.27. The lowest BCUT2D eigenvalue weighted by molar-refractivity contribution is 0.0437. The predicted molar refractivity (Wildman–Crippen MR) is 121 cm³/mol. The number of nitrogens with one attached hydrogen (secondary N) is 2. The molecule has 8 heteroatoms. The van der Waals surface area contributed by atoms with Crippen LogP contribution in [0.5, 0.6) is 0 Å². The molecule has 2 rings (SSSR count). The lowest BCUT2D eigenvalue weighted by Gasteiger charge is -2.32. The standard InChI is InChI=1S/C19H35N5O2.HI/c1-4-20-18(22-16-19(2,25)17-8-7-15-26-17)21-9-5-6-10-24-13-11-23(3)12-14-24;/h7-8,15,25H,4-6,9-14,16H2,1-3H3,(H2,20,21,22);1H. The molecule has 1 saturated heterocycles. The molecule has 1 fully saturated rings. The number of guanidine groups is 1. The van der Waals surface area contributed by atoms with Gasteiger partial charge in [0.1, 0.15) is 11.4 Å². The van der Waals surface area contributed by atoms with Crippen LogP contribution in [-0.4, -0.2) is 80.3 Å². The predicted octanol–water partition coefficient (Wildman–Crippen LogP) is 1.69. The number of halogens is 1. The second kappa shape index (κ2) is 12.6. The van der Waals surface area contributed by atoms with Crippen molar-refractivity contribution in [2.24, 2.45) is 4.99 Å². The average molecular weight is 493 g/mol. The number of aliphatic imine (C=N–C) groups is 1. The molecule has 2 heterocycles. The van der Waals surface area contributed by atoms with Crippen molar-refractivity contribution in [1.82, 2.24) is 20.4 Å². The fourth-order valence-corrected chi connectivity index (χ4v) is 2.98. The Bertz CT molecular complexity index is 528. The lowest BCUT2D eigenvalue weighted by Crippen LogP contribution is -2.44. The molecule has 27 heavy (non-hydrogen) atoms. The van der Waals surface area contributed by atoms with Crippen LogP contribution in [0, 0.1) is 0 Å². The van der Waals surface area contributed by atoms with E-state index in [1.807, 2.05) is 6.92 Å². The van der Waals surface area contributed by atoms with Crippen molar-refractivity contribution in [3.05, 3.63) is 24.2 Å². The van der Waals surface area contributed by atoms with Gasteiger partial charge in [0.2, 0.25) is 0 Å². The minimum Gasteiger partial charge on any atom is -0.466 e. The average Bonchev–Trinajstić information content (AvgIpc) is 3.16. The Morgan fingerprint density at radius 2 is 2.00 bits per heavy atom. The molecule has 0 amide bonds. The van der Waals surface area contributed by atoms with E-state index >= 15 is 0 Å². The maximum Gasteiger partial charge on any atom is 0.191 e. The minimum absolute atomic E-state index is 0. The molecular formula is C19H36IN5O2. The van der Waals surface area contributed by atoms with E-state index in [1.165, 1.54) is 32.6 Å². The third-order valence-corrected chi connectivity index (χ3v) is 4.73. The van der Waals surface area contributed by atoms with E-state index in [0.29, 0.717) is 5.76 Å². The summed E-state index contributed by atoms with van der Waals surface area (Å²) in [4.78, 5) is 9.43. The largest absolute Gasteiger partial charge is 0.466 e. The summed E-state index contributed by atoms with van der Waals surface area (Å²) < 4.78 is 5.30. The molecule has 1 unspecified atom stereocenters. The number of hydrogen-bond donors (Lipinski definition) is 3. The normalized spacial score (nSPS) is 18.6. The lowest BCUT2D eigenvalue weighted by atomic mass is 10.0. The molecule has 1 atom stereocenters. The SMILES string of the molecule is CCNC(=NCC(C)(O)c1ccco1)NCCCCN1CCN(C)CC1.I. The molecule has 1 aromatic rings. The molecule has 0 bridgehead atoms. The molecule has 0 spiro atoms. The van der Waals surface area contributed by atoms with Gasteiger partial charge in [0, 0.05) is 39.3 Å². The van der Waals surface area contributed by atoms with Gasteiger partial charge in [-0.25, -0.2) is 4.99 Å². The van der Waals surface area contributed by atoms with Crippen LogP contribution < -0.4 is 10.6 Å². The summed E-state index contributed by atoms with van der Waals surface area (Å²) >= 11 is 0. The van der Waals surface area contributed by atoms with Crippen LogP contribution in [0.1, 0.15) is 32.4 Å². The van der Waals surface area contributed by atoms with Crippen molar-refractivity contribution < 1.29 is 9.52 Å². The van der Waals surface area contributed by atoms with Crippen LogP contribution in [0.15, 0.2) is 27.8 Å². The third kappa shape index (κ3) is 8.80. The van der Waals surface area contributed by atoms with E-state index in [4.69, 9.17) is 4.42 Å². The van der Waals surface area contributed by atoms with Gasteiger partial charge in [-0.3, -0.25) is 0 Å². The van der Waals surface area contributed by atoms with Crippen LogP contribution in [0.3, 0.4) is 0 Å². The van der Waals surface area contributed by atoms with Gasteiger partial charge in [-0.05, 0) is 52.4 Å². The highest BCUT2D eigenvalue weighted by Gasteiger charge is 2.26. The molecule has 3 N–H and O–H groups in total. The highest BCUT2D eigenvalue weighted by atomic mass is 127. The fraction of sp³-hybridized carbons (Fsp3) is 0.737. The monoisotopic (exact) mass is 493 g/mol. The molecule has 0 aromatic carbocycles. The van der Waals surface area contributed by atoms with Crippen molar-refractivity contribution in [1.29, 1.82) is 0 Å². The van der Waals surface area contributed by atoms with Crippen molar-refractivity contribution >= 4 is 29.9 Å². The van der Waals surface area contributed by atoms with Crippen LogP contribution in [0.2, 0.25) is 0 Å². The second-order valence-electron chi connectivity index (χ2n) is 7.23. The first-order valence-corrected chi connectivity index (χ1v) is 9.70. The van der Waals surface area contributed by atoms with Gasteiger partial charge in [-0.2, -0.15) is 0 Å². The number of aliphatic hydroxyl groups is 1. The zero-order valence-electron chi connectivity index (χ0n) is 16.9. The number of unbranched alkanes of at least 4 members (excludes halogenated alkanes) is 1. The van der Waals surface area contributed by atoms with Crippen molar-refractivity contribution in [2.75, 3.05) is 59.4 Å². The van der Waals surface area contributed by atoms with Crippen molar-refractivity contribution in [3.63, 3.8) is 0 Å². The Morgan fingerprint density at radius 3 is 2.63 bits per heavy atom. The Morgan fingerprint density at radius 1 is 1.26 bits per heavy atom. The van der Waals surface area contributed by atoms with E-state index in [-0.39, 0.29) is 30.5 Å². The highest BCUT2D eigenvalue weighted by Crippen LogP contribution is 2.20. The van der Waals surface area contributed by atoms with Gasteiger partial charge in [0.15, 0.2) is 5.96 Å². The Hall–Kier alpha value is -0.840. The third-order valence-electron chi connectivity index (χ3n) is 4.73. The molecule has 156 valence electrons. The maximum atomic E-state index is 10.5. The quantitative estimate of drug-likeness (QED) is 0.211. The first-order valence-electron chi connectivity index (χ1n) is 9.70. The van der Waals surface area contributed by atoms with Gasteiger partial charge in [0.25, 0.3) is 0 Å². The van der Waals surface area contributed by atoms with Gasteiger partial charge >= 0.3 is 0 Å². The van der Waals surface area contributed by atoms with Crippen LogP contribution >= 0.6 is 24.0 Å². The minimum atomic E-state index is -1.10. The number of nitrogens with zero attached hydrogens (tertiary/aromatic N) is 3. The molecule has 0 aliphatic carbocycles. The summed E-state index contributed by atoms with van der Waals surface area (Å²) in [6.45, 7) is 11.5. The molecule has 1 aromatic heterocycles. The van der Waals surface area contributed by atoms with Gasteiger partial charge in [-0.15, -0.1) is 24.0 Å². The van der Waals surface area contributed by atoms with E-state index < -0.39 is 5.60 Å². The number of piperazine rings is 1. The number of furan rings is 1. The van der Waals surface area contributed by atoms with Crippen LogP contribution in [0.25, 0.3) is 0 Å². The van der Waals surface area contributed by atoms with Gasteiger partial charge in [0.05, 0.1) is 12.8 Å². The summed E-state index contributed by atoms with van der Waals surface area (Å²) in [6, 6.07) is 3.55. The first-order chi connectivity index (χ1) is 12.5. The summed E-state index contributed by atoms with van der Waals surface area (Å²) in [5.41, 5.74) is -1.10. The first kappa shape index (κ1) is 24.2. The zero-order chi connectivity index (χ0) is 18.8. The second-order valence-corrected chi connectivity index (χ2v) is 7.23. The van der Waals surface area contributed by atoms with E-state index in [0.717, 1.165) is 32.0 Å². The topological polar surface area (TPSA) is 76.3 Å². The smallest absolute Gasteiger partial charge is 0.191 e. The van der Waals surface area contributed by atoms with Crippen molar-refractivity contribution in [3.8, 4) is 0 Å². The van der Waals surface area contributed by atoms with Gasteiger partial charge < -0.3 is 30.0 Å². The Kier molecular flexibility index (Phi) is 11.3. The maximum absolute atomic E-state index is 10.5. The number of likely N-dealkylation sites (N-methyl/N-ethyl adjacent to an activating group) is 1. The summed E-state index contributed by atoms with van der Waals surface area (Å²) in [7, 11) is 2.19. The van der Waals surface area contributed by atoms with E-state index in [9.17, 15) is 5.11 Å². The van der Waals surface area contributed by atoms with Crippen molar-refractivity contribution in [2.45, 2.75) is 32.3 Å². The van der Waals surface area contributed by atoms with Crippen LogP contribution in [-0.2, 0) is 5.60 Å². The zero-order valence-corrected chi connectivity index (χ0v) is 19.2. The highest BCUT2D eigenvalue weighted by molar-refractivity contribution is 14.0. The molecule has 0 saturated carbocycles. The molecule has 7 nitrogen and oxygen atoms in total. The Labute approximate surface area is 180 Å². The fourth-order valence-electron chi connectivity index (χ4n) is 2.98. The Balaban J connectivity index is 0.00000364. The number of rotatable bonds is 9. The van der Waals surface area contributed by atoms with E-state index in [2.05, 4.69) is 32.5 Å². The van der Waals surface area contributed by atoms with Crippen LogP contribution in [0.4, 0.5) is 0 Å². The van der Waals surface area contributed by atoms with Gasteiger partial charge in [-0.1, -0.05) is 0 Å². The molecule has 1 aliphatic rings. The van der Waals surface area contributed by atoms with E-state index in [1.54, 1.807) is 25.3 Å². The summed E-state index contributed by atoms with van der Waals surface area (Å²) in [5, 5.41) is 17.1. The number of hydrogen-bond acceptors (Lipinski definition) is 5. The molecule has 1 aliphatic heterocycles. The molecule has 0 radical (unpaired) electrons. The summed E-state index contributed by atoms with van der Waals surface area (Å²) in [6.07, 6.45) is 3.85.